The highest BCUT2D eigenvalue weighted by Gasteiger charge is 2.31. The summed E-state index contributed by atoms with van der Waals surface area (Å²) in [6, 6.07) is 2.11. The van der Waals surface area contributed by atoms with Crippen LogP contribution < -0.4 is 10.6 Å². The topological polar surface area (TPSA) is 79.3 Å². The van der Waals surface area contributed by atoms with Gasteiger partial charge < -0.3 is 15.4 Å². The van der Waals surface area contributed by atoms with Crippen molar-refractivity contribution >= 4 is 28.0 Å². The third-order valence-electron chi connectivity index (χ3n) is 3.68. The average Bonchev–Trinajstić information content (AvgIpc) is 2.89. The molecule has 1 aromatic heterocycles. The molecule has 1 saturated heterocycles. The molecule has 0 radical (unpaired) electrons. The van der Waals surface area contributed by atoms with Gasteiger partial charge in [0.1, 0.15) is 21.5 Å². The molecule has 0 spiro atoms. The molecule has 1 aliphatic rings. The molecule has 0 aromatic carbocycles. The monoisotopic (exact) mass is 279 g/mol. The van der Waals surface area contributed by atoms with Crippen LogP contribution in [0.1, 0.15) is 29.1 Å². The molecule has 0 aliphatic carbocycles. The molecule has 2 rings (SSSR count). The number of nitrogens with zero attached hydrogens (tertiary/aromatic N) is 2. The van der Waals surface area contributed by atoms with Gasteiger partial charge in [0, 0.05) is 13.1 Å². The first-order valence-electron chi connectivity index (χ1n) is 6.15. The van der Waals surface area contributed by atoms with Crippen LogP contribution in [-0.4, -0.2) is 26.2 Å². The fraction of sp³-hybridized carbons (Fsp3) is 0.538. The lowest BCUT2D eigenvalue weighted by Crippen LogP contribution is -2.19. The van der Waals surface area contributed by atoms with E-state index in [9.17, 15) is 10.1 Å². The molecule has 2 heterocycles. The standard InChI is InChI=1S/C13H17N3O2S/c1-7-5-16(6-8(7)2)12-9(4-14)10(15)11(19-12)13(17)18-3/h7-8H,5-6,15H2,1-3H3. The predicted molar refractivity (Wildman–Crippen MR) is 75.3 cm³/mol. The van der Waals surface area contributed by atoms with Crippen molar-refractivity contribution in [3.05, 3.63) is 10.4 Å². The molecule has 1 aromatic rings. The number of esters is 1. The number of carbonyl (C=O) groups excluding carboxylic acids is 1. The van der Waals surface area contributed by atoms with Crippen LogP contribution in [0.3, 0.4) is 0 Å². The van der Waals surface area contributed by atoms with Gasteiger partial charge in [-0.05, 0) is 11.8 Å². The Labute approximate surface area is 116 Å². The Bertz CT molecular complexity index is 537. The average molecular weight is 279 g/mol. The van der Waals surface area contributed by atoms with Crippen molar-refractivity contribution < 1.29 is 9.53 Å². The molecule has 2 atom stereocenters. The van der Waals surface area contributed by atoms with Gasteiger partial charge in [-0.1, -0.05) is 13.8 Å². The number of thiophene rings is 1. The molecule has 5 nitrogen and oxygen atoms in total. The number of anilines is 2. The maximum atomic E-state index is 11.6. The maximum Gasteiger partial charge on any atom is 0.350 e. The summed E-state index contributed by atoms with van der Waals surface area (Å²) in [5.41, 5.74) is 6.52. The number of hydrogen-bond acceptors (Lipinski definition) is 6. The highest BCUT2D eigenvalue weighted by atomic mass is 32.1. The van der Waals surface area contributed by atoms with E-state index in [0.717, 1.165) is 18.1 Å². The first-order valence-corrected chi connectivity index (χ1v) is 6.96. The molecule has 0 bridgehead atoms. The summed E-state index contributed by atoms with van der Waals surface area (Å²) < 4.78 is 4.70. The van der Waals surface area contributed by atoms with Crippen LogP contribution in [0.4, 0.5) is 10.7 Å². The molecule has 2 unspecified atom stereocenters. The Hall–Kier alpha value is -1.74. The predicted octanol–water partition coefficient (Wildman–Crippen LogP) is 2.08. The number of carbonyl (C=O) groups is 1. The molecule has 1 fully saturated rings. The van der Waals surface area contributed by atoms with E-state index < -0.39 is 5.97 Å². The summed E-state index contributed by atoms with van der Waals surface area (Å²) in [5.74, 6) is 0.651. The molecule has 0 amide bonds. The third-order valence-corrected chi connectivity index (χ3v) is 4.93. The van der Waals surface area contributed by atoms with Gasteiger partial charge in [-0.15, -0.1) is 11.3 Å². The number of nitrogen functional groups attached to an aromatic ring is 1. The van der Waals surface area contributed by atoms with E-state index in [2.05, 4.69) is 24.8 Å². The van der Waals surface area contributed by atoms with E-state index >= 15 is 0 Å². The summed E-state index contributed by atoms with van der Waals surface area (Å²) >= 11 is 1.25. The Kier molecular flexibility index (Phi) is 3.67. The Morgan fingerprint density at radius 2 is 2.05 bits per heavy atom. The minimum atomic E-state index is -0.481. The minimum absolute atomic E-state index is 0.238. The van der Waals surface area contributed by atoms with Gasteiger partial charge in [-0.25, -0.2) is 4.79 Å². The lowest BCUT2D eigenvalue weighted by atomic mass is 10.0. The zero-order valence-corrected chi connectivity index (χ0v) is 12.1. The summed E-state index contributed by atoms with van der Waals surface area (Å²) in [6.45, 7) is 6.15. The minimum Gasteiger partial charge on any atom is -0.465 e. The smallest absolute Gasteiger partial charge is 0.350 e. The third kappa shape index (κ3) is 2.26. The Morgan fingerprint density at radius 3 is 2.53 bits per heavy atom. The van der Waals surface area contributed by atoms with Gasteiger partial charge in [0.05, 0.1) is 12.8 Å². The first kappa shape index (κ1) is 13.7. The van der Waals surface area contributed by atoms with Crippen LogP contribution in [0.2, 0.25) is 0 Å². The lowest BCUT2D eigenvalue weighted by Gasteiger charge is -2.16. The number of nitriles is 1. The Morgan fingerprint density at radius 1 is 1.47 bits per heavy atom. The molecule has 6 heteroatoms. The fourth-order valence-electron chi connectivity index (χ4n) is 2.30. The van der Waals surface area contributed by atoms with Crippen molar-refractivity contribution in [3.63, 3.8) is 0 Å². The van der Waals surface area contributed by atoms with Gasteiger partial charge in [0.25, 0.3) is 0 Å². The highest BCUT2D eigenvalue weighted by molar-refractivity contribution is 7.18. The largest absolute Gasteiger partial charge is 0.465 e. The fourth-order valence-corrected chi connectivity index (χ4v) is 3.41. The van der Waals surface area contributed by atoms with Crippen molar-refractivity contribution in [2.75, 3.05) is 30.8 Å². The van der Waals surface area contributed by atoms with Crippen LogP contribution in [-0.2, 0) is 4.74 Å². The van der Waals surface area contributed by atoms with E-state index in [1.165, 1.54) is 18.4 Å². The summed E-state index contributed by atoms with van der Waals surface area (Å²) in [6.07, 6.45) is 0. The van der Waals surface area contributed by atoms with Gasteiger partial charge in [0.15, 0.2) is 0 Å². The summed E-state index contributed by atoms with van der Waals surface area (Å²) in [7, 11) is 1.31. The lowest BCUT2D eigenvalue weighted by molar-refractivity contribution is 0.0607. The van der Waals surface area contributed by atoms with Gasteiger partial charge in [-0.2, -0.15) is 5.26 Å². The van der Waals surface area contributed by atoms with Crippen molar-refractivity contribution in [3.8, 4) is 6.07 Å². The number of hydrogen-bond donors (Lipinski definition) is 1. The Balaban J connectivity index is 2.42. The number of rotatable bonds is 2. The summed E-state index contributed by atoms with van der Waals surface area (Å²) in [4.78, 5) is 14.1. The van der Waals surface area contributed by atoms with Gasteiger partial charge in [-0.3, -0.25) is 0 Å². The summed E-state index contributed by atoms with van der Waals surface area (Å²) in [5, 5.41) is 10.0. The van der Waals surface area contributed by atoms with E-state index in [1.54, 1.807) is 0 Å². The molecule has 0 saturated carbocycles. The van der Waals surface area contributed by atoms with Crippen LogP contribution >= 0.6 is 11.3 Å². The van der Waals surface area contributed by atoms with E-state index in [1.807, 2.05) is 0 Å². The molecular formula is C13H17N3O2S. The van der Waals surface area contributed by atoms with Crippen LogP contribution in [0.25, 0.3) is 0 Å². The molecule has 2 N–H and O–H groups in total. The number of methoxy groups -OCH3 is 1. The van der Waals surface area contributed by atoms with Gasteiger partial charge >= 0.3 is 5.97 Å². The van der Waals surface area contributed by atoms with Gasteiger partial charge in [0.2, 0.25) is 0 Å². The number of ether oxygens (including phenoxy) is 1. The van der Waals surface area contributed by atoms with Crippen LogP contribution in [0.5, 0.6) is 0 Å². The normalized spacial score (nSPS) is 22.3. The second kappa shape index (κ2) is 5.10. The van der Waals surface area contributed by atoms with Crippen molar-refractivity contribution in [2.45, 2.75) is 13.8 Å². The molecule has 19 heavy (non-hydrogen) atoms. The van der Waals surface area contributed by atoms with Crippen molar-refractivity contribution in [1.29, 1.82) is 5.26 Å². The second-order valence-electron chi connectivity index (χ2n) is 4.99. The number of nitrogens with two attached hydrogens (primary N) is 1. The first-order chi connectivity index (χ1) is 8.99. The van der Waals surface area contributed by atoms with Crippen molar-refractivity contribution in [1.82, 2.24) is 0 Å². The van der Waals surface area contributed by atoms with Crippen molar-refractivity contribution in [2.24, 2.45) is 11.8 Å². The van der Waals surface area contributed by atoms with E-state index in [4.69, 9.17) is 10.5 Å². The molecule has 1 aliphatic heterocycles. The van der Waals surface area contributed by atoms with E-state index in [0.29, 0.717) is 22.3 Å². The SMILES string of the molecule is COC(=O)c1sc(N2CC(C)C(C)C2)c(C#N)c1N. The zero-order chi connectivity index (χ0) is 14.2. The molecular weight excluding hydrogens is 262 g/mol. The van der Waals surface area contributed by atoms with E-state index in [-0.39, 0.29) is 5.69 Å². The molecule has 102 valence electrons. The van der Waals surface area contributed by atoms with Crippen LogP contribution in [0.15, 0.2) is 0 Å². The highest BCUT2D eigenvalue weighted by Crippen LogP contribution is 2.41. The zero-order valence-electron chi connectivity index (χ0n) is 11.3. The quantitative estimate of drug-likeness (QED) is 0.838. The maximum absolute atomic E-state index is 11.6. The van der Waals surface area contributed by atoms with Crippen LogP contribution in [0, 0.1) is 23.2 Å². The second-order valence-corrected chi connectivity index (χ2v) is 5.99.